The highest BCUT2D eigenvalue weighted by molar-refractivity contribution is 14.1. The monoisotopic (exact) mass is 436 g/mol. The lowest BCUT2D eigenvalue weighted by Gasteiger charge is -2.09. The quantitative estimate of drug-likeness (QED) is 0.515. The van der Waals surface area contributed by atoms with E-state index in [9.17, 15) is 8.42 Å². The van der Waals surface area contributed by atoms with Crippen LogP contribution in [0.3, 0.4) is 0 Å². The van der Waals surface area contributed by atoms with Crippen LogP contribution < -0.4 is 10.0 Å². The zero-order valence-electron chi connectivity index (χ0n) is 11.6. The van der Waals surface area contributed by atoms with Crippen molar-refractivity contribution >= 4 is 49.6 Å². The van der Waals surface area contributed by atoms with Gasteiger partial charge >= 0.3 is 0 Å². The molecule has 0 aliphatic rings. The molecule has 1 heterocycles. The zero-order chi connectivity index (χ0) is 15.3. The van der Waals surface area contributed by atoms with Gasteiger partial charge < -0.3 is 5.32 Å². The summed E-state index contributed by atoms with van der Waals surface area (Å²) in [6.07, 6.45) is 1.02. The first-order chi connectivity index (χ1) is 10.0. The summed E-state index contributed by atoms with van der Waals surface area (Å²) in [4.78, 5) is 1.19. The molecule has 4 nitrogen and oxygen atoms in total. The molecule has 1 aromatic heterocycles. The second-order valence-corrected chi connectivity index (χ2v) is 8.40. The van der Waals surface area contributed by atoms with Crippen molar-refractivity contribution in [1.82, 2.24) is 5.32 Å². The number of nitrogens with one attached hydrogen (secondary N) is 2. The van der Waals surface area contributed by atoms with Crippen LogP contribution in [-0.2, 0) is 16.6 Å². The van der Waals surface area contributed by atoms with Crippen LogP contribution in [0.4, 0.5) is 5.69 Å². The molecule has 2 rings (SSSR count). The third-order valence-corrected chi connectivity index (χ3v) is 5.97. The van der Waals surface area contributed by atoms with Crippen molar-refractivity contribution in [3.05, 3.63) is 44.2 Å². The molecule has 0 saturated heterocycles. The molecule has 114 valence electrons. The fraction of sp³-hybridized carbons (Fsp3) is 0.286. The van der Waals surface area contributed by atoms with Crippen LogP contribution in [0.25, 0.3) is 0 Å². The summed E-state index contributed by atoms with van der Waals surface area (Å²) in [5, 5.41) is 5.05. The highest BCUT2D eigenvalue weighted by Crippen LogP contribution is 2.24. The molecular weight excluding hydrogens is 419 g/mol. The lowest BCUT2D eigenvalue weighted by molar-refractivity contribution is 0.599. The summed E-state index contributed by atoms with van der Waals surface area (Å²) >= 11 is 3.61. The average Bonchev–Trinajstić information content (AvgIpc) is 2.88. The van der Waals surface area contributed by atoms with Gasteiger partial charge in [-0.2, -0.15) is 0 Å². The topological polar surface area (TPSA) is 58.2 Å². The second-order valence-electron chi connectivity index (χ2n) is 4.50. The first kappa shape index (κ1) is 16.7. The van der Waals surface area contributed by atoms with E-state index in [-0.39, 0.29) is 0 Å². The van der Waals surface area contributed by atoms with Crippen LogP contribution in [0.15, 0.2) is 40.6 Å². The number of thiophene rings is 1. The predicted octanol–water partition coefficient (Wildman–Crippen LogP) is 3.65. The Morgan fingerprint density at radius 2 is 2.10 bits per heavy atom. The third-order valence-electron chi connectivity index (χ3n) is 2.78. The van der Waals surface area contributed by atoms with Crippen LogP contribution >= 0.6 is 33.9 Å². The Morgan fingerprint density at radius 1 is 1.29 bits per heavy atom. The van der Waals surface area contributed by atoms with Gasteiger partial charge in [-0.25, -0.2) is 8.42 Å². The standard InChI is InChI=1S/C14H17IN2O2S2/c1-2-7-16-10-13-14(6-8-20-13)21(18,19)17-12-5-3-4-11(15)9-12/h3-6,8-9,16-17H,2,7,10H2,1H3. The number of benzene rings is 1. The smallest absolute Gasteiger partial charge is 0.263 e. The Hall–Kier alpha value is -0.640. The maximum absolute atomic E-state index is 12.5. The van der Waals surface area contributed by atoms with Gasteiger partial charge in [0.25, 0.3) is 10.0 Å². The summed E-state index contributed by atoms with van der Waals surface area (Å²) < 4.78 is 28.6. The minimum absolute atomic E-state index is 0.356. The lowest BCUT2D eigenvalue weighted by Crippen LogP contribution is -2.18. The van der Waals surface area contributed by atoms with Crippen LogP contribution in [0, 0.1) is 3.57 Å². The van der Waals surface area contributed by atoms with Crippen molar-refractivity contribution in [2.75, 3.05) is 11.3 Å². The third kappa shape index (κ3) is 4.67. The van der Waals surface area contributed by atoms with Gasteiger partial charge in [0.2, 0.25) is 0 Å². The summed E-state index contributed by atoms with van der Waals surface area (Å²) in [5.41, 5.74) is 0.584. The van der Waals surface area contributed by atoms with Crippen LogP contribution in [0.1, 0.15) is 18.2 Å². The van der Waals surface area contributed by atoms with E-state index in [1.165, 1.54) is 11.3 Å². The van der Waals surface area contributed by atoms with E-state index in [0.717, 1.165) is 21.4 Å². The van der Waals surface area contributed by atoms with Crippen molar-refractivity contribution in [2.45, 2.75) is 24.8 Å². The zero-order valence-corrected chi connectivity index (χ0v) is 15.4. The first-order valence-electron chi connectivity index (χ1n) is 6.58. The highest BCUT2D eigenvalue weighted by atomic mass is 127. The fourth-order valence-electron chi connectivity index (χ4n) is 1.84. The maximum Gasteiger partial charge on any atom is 0.263 e. The summed E-state index contributed by atoms with van der Waals surface area (Å²) in [6, 6.07) is 8.96. The van der Waals surface area contributed by atoms with Crippen LogP contribution in [0.5, 0.6) is 0 Å². The molecule has 2 aromatic rings. The Kier molecular flexibility index (Phi) is 6.03. The molecule has 0 aliphatic carbocycles. The van der Waals surface area contributed by atoms with Crippen LogP contribution in [-0.4, -0.2) is 15.0 Å². The SMILES string of the molecule is CCCNCc1sccc1S(=O)(=O)Nc1cccc(I)c1. The molecule has 0 spiro atoms. The molecule has 0 radical (unpaired) electrons. The van der Waals surface area contributed by atoms with Crippen molar-refractivity contribution in [3.8, 4) is 0 Å². The summed E-state index contributed by atoms with van der Waals surface area (Å²) in [7, 11) is -3.54. The Balaban J connectivity index is 2.18. The van der Waals surface area contributed by atoms with Gasteiger partial charge in [-0.3, -0.25) is 4.72 Å². The van der Waals surface area contributed by atoms with E-state index < -0.39 is 10.0 Å². The van der Waals surface area contributed by atoms with Gasteiger partial charge in [0.1, 0.15) is 4.90 Å². The molecule has 2 N–H and O–H groups in total. The minimum atomic E-state index is -3.54. The highest BCUT2D eigenvalue weighted by Gasteiger charge is 2.19. The number of sulfonamides is 1. The van der Waals surface area contributed by atoms with E-state index in [1.807, 2.05) is 17.5 Å². The molecule has 0 atom stereocenters. The molecule has 0 unspecified atom stereocenters. The fourth-order valence-corrected chi connectivity index (χ4v) is 4.84. The molecule has 0 aliphatic heterocycles. The van der Waals surface area contributed by atoms with Crippen molar-refractivity contribution in [1.29, 1.82) is 0 Å². The van der Waals surface area contributed by atoms with Crippen molar-refractivity contribution in [3.63, 3.8) is 0 Å². The van der Waals surface area contributed by atoms with E-state index in [4.69, 9.17) is 0 Å². The van der Waals surface area contributed by atoms with Gasteiger partial charge in [-0.05, 0) is 65.2 Å². The van der Waals surface area contributed by atoms with Gasteiger partial charge in [0.05, 0.1) is 0 Å². The molecular formula is C14H17IN2O2S2. The molecule has 21 heavy (non-hydrogen) atoms. The van der Waals surface area contributed by atoms with Gasteiger partial charge in [-0.15, -0.1) is 11.3 Å². The molecule has 7 heteroatoms. The number of hydrogen-bond donors (Lipinski definition) is 2. The molecule has 0 amide bonds. The van der Waals surface area contributed by atoms with Crippen LogP contribution in [0.2, 0.25) is 0 Å². The number of rotatable bonds is 7. The Bertz CT molecular complexity index is 699. The van der Waals surface area contributed by atoms with E-state index in [0.29, 0.717) is 17.1 Å². The Labute approximate surface area is 143 Å². The average molecular weight is 436 g/mol. The number of halogens is 1. The largest absolute Gasteiger partial charge is 0.312 e. The van der Waals surface area contributed by atoms with E-state index >= 15 is 0 Å². The Morgan fingerprint density at radius 3 is 2.81 bits per heavy atom. The first-order valence-corrected chi connectivity index (χ1v) is 10.0. The van der Waals surface area contributed by atoms with Gasteiger partial charge in [0, 0.05) is 20.7 Å². The maximum atomic E-state index is 12.5. The molecule has 0 saturated carbocycles. The predicted molar refractivity (Wildman–Crippen MR) is 96.3 cm³/mol. The van der Waals surface area contributed by atoms with Gasteiger partial charge in [0.15, 0.2) is 0 Å². The van der Waals surface area contributed by atoms with E-state index in [2.05, 4.69) is 39.6 Å². The van der Waals surface area contributed by atoms with Gasteiger partial charge in [-0.1, -0.05) is 13.0 Å². The molecule has 1 aromatic carbocycles. The minimum Gasteiger partial charge on any atom is -0.312 e. The normalized spacial score (nSPS) is 11.5. The second kappa shape index (κ2) is 7.57. The van der Waals surface area contributed by atoms with E-state index in [1.54, 1.807) is 18.2 Å². The van der Waals surface area contributed by atoms with Crippen molar-refractivity contribution < 1.29 is 8.42 Å². The lowest BCUT2D eigenvalue weighted by atomic mass is 10.3. The molecule has 0 fully saturated rings. The van der Waals surface area contributed by atoms with Crippen molar-refractivity contribution in [2.24, 2.45) is 0 Å². The summed E-state index contributed by atoms with van der Waals surface area (Å²) in [6.45, 7) is 3.54. The summed E-state index contributed by atoms with van der Waals surface area (Å²) in [5.74, 6) is 0. The number of anilines is 1. The molecule has 0 bridgehead atoms. The number of hydrogen-bond acceptors (Lipinski definition) is 4.